The Hall–Kier alpha value is -1.22. The fourth-order valence-corrected chi connectivity index (χ4v) is 2.40. The third-order valence-corrected chi connectivity index (χ3v) is 3.99. The van der Waals surface area contributed by atoms with E-state index in [-0.39, 0.29) is 0 Å². The Morgan fingerprint density at radius 2 is 2.18 bits per heavy atom. The highest BCUT2D eigenvalue weighted by molar-refractivity contribution is 5.51. The van der Waals surface area contributed by atoms with E-state index in [4.69, 9.17) is 10.5 Å². The predicted molar refractivity (Wildman–Crippen MR) is 71.1 cm³/mol. The third kappa shape index (κ3) is 2.55. The maximum atomic E-state index is 6.01. The summed E-state index contributed by atoms with van der Waals surface area (Å²) in [5.41, 5.74) is 8.34. The fourth-order valence-electron chi connectivity index (χ4n) is 2.40. The summed E-state index contributed by atoms with van der Waals surface area (Å²) >= 11 is 0. The van der Waals surface area contributed by atoms with Crippen LogP contribution in [0.15, 0.2) is 18.2 Å². The number of ether oxygens (including phenoxy) is 1. The molecule has 1 aromatic carbocycles. The highest BCUT2D eigenvalue weighted by Gasteiger charge is 2.34. The molecule has 0 radical (unpaired) electrons. The number of anilines is 1. The van der Waals surface area contributed by atoms with Gasteiger partial charge in [0.2, 0.25) is 0 Å². The summed E-state index contributed by atoms with van der Waals surface area (Å²) in [5, 5.41) is 3.66. The summed E-state index contributed by atoms with van der Waals surface area (Å²) in [4.78, 5) is 0. The number of nitrogen functional groups attached to an aromatic ring is 1. The second kappa shape index (κ2) is 4.96. The first kappa shape index (κ1) is 12.2. The minimum atomic E-state index is 0.367. The van der Waals surface area contributed by atoms with Crippen molar-refractivity contribution < 1.29 is 4.74 Å². The largest absolute Gasteiger partial charge is 0.497 e. The second-order valence-electron chi connectivity index (χ2n) is 4.91. The molecule has 1 aliphatic rings. The van der Waals surface area contributed by atoms with Gasteiger partial charge in [-0.05, 0) is 37.3 Å². The number of benzene rings is 1. The first-order valence-corrected chi connectivity index (χ1v) is 6.36. The Kier molecular flexibility index (Phi) is 3.57. The monoisotopic (exact) mass is 234 g/mol. The normalized spacial score (nSPS) is 17.5. The maximum Gasteiger partial charge on any atom is 0.120 e. The molecule has 0 amide bonds. The number of methoxy groups -OCH3 is 1. The summed E-state index contributed by atoms with van der Waals surface area (Å²) in [7, 11) is 1.66. The summed E-state index contributed by atoms with van der Waals surface area (Å²) in [6.45, 7) is 3.10. The zero-order chi connectivity index (χ0) is 12.3. The average Bonchev–Trinajstić information content (AvgIpc) is 2.30. The molecule has 0 spiro atoms. The van der Waals surface area contributed by atoms with Crippen molar-refractivity contribution in [2.24, 2.45) is 0 Å². The van der Waals surface area contributed by atoms with Gasteiger partial charge in [-0.2, -0.15) is 0 Å². The average molecular weight is 234 g/mol. The number of nitrogens with two attached hydrogens (primary N) is 1. The van der Waals surface area contributed by atoms with Crippen LogP contribution >= 0.6 is 0 Å². The van der Waals surface area contributed by atoms with Crippen LogP contribution in [-0.4, -0.2) is 12.6 Å². The van der Waals surface area contributed by atoms with Crippen molar-refractivity contribution in [1.82, 2.24) is 5.32 Å². The molecule has 3 nitrogen and oxygen atoms in total. The van der Waals surface area contributed by atoms with Gasteiger partial charge in [-0.3, -0.25) is 0 Å². The second-order valence-corrected chi connectivity index (χ2v) is 4.91. The summed E-state index contributed by atoms with van der Waals surface area (Å²) in [6, 6.07) is 5.90. The van der Waals surface area contributed by atoms with E-state index in [2.05, 4.69) is 12.2 Å². The van der Waals surface area contributed by atoms with Crippen LogP contribution in [0.3, 0.4) is 0 Å². The zero-order valence-corrected chi connectivity index (χ0v) is 10.8. The SMILES string of the molecule is CCC1(NCc2ccc(OC)cc2N)CCC1. The molecule has 17 heavy (non-hydrogen) atoms. The molecule has 0 atom stereocenters. The van der Waals surface area contributed by atoms with Gasteiger partial charge in [-0.15, -0.1) is 0 Å². The van der Waals surface area contributed by atoms with Gasteiger partial charge in [0, 0.05) is 23.8 Å². The molecule has 0 aliphatic heterocycles. The maximum absolute atomic E-state index is 6.01. The van der Waals surface area contributed by atoms with E-state index in [1.165, 1.54) is 25.7 Å². The molecular formula is C14H22N2O. The molecule has 3 N–H and O–H groups in total. The van der Waals surface area contributed by atoms with Crippen LogP contribution < -0.4 is 15.8 Å². The number of hydrogen-bond donors (Lipinski definition) is 2. The zero-order valence-electron chi connectivity index (χ0n) is 10.8. The van der Waals surface area contributed by atoms with Gasteiger partial charge < -0.3 is 15.8 Å². The minimum absolute atomic E-state index is 0.367. The lowest BCUT2D eigenvalue weighted by Crippen LogP contribution is -2.49. The molecule has 94 valence electrons. The molecule has 0 aromatic heterocycles. The van der Waals surface area contributed by atoms with E-state index < -0.39 is 0 Å². The van der Waals surface area contributed by atoms with E-state index in [1.807, 2.05) is 18.2 Å². The highest BCUT2D eigenvalue weighted by atomic mass is 16.5. The number of nitrogens with one attached hydrogen (secondary N) is 1. The molecule has 2 rings (SSSR count). The van der Waals surface area contributed by atoms with Crippen molar-refractivity contribution in [3.63, 3.8) is 0 Å². The van der Waals surface area contributed by atoms with E-state index in [9.17, 15) is 0 Å². The third-order valence-electron chi connectivity index (χ3n) is 3.99. The Bertz CT molecular complexity index is 380. The van der Waals surface area contributed by atoms with Gasteiger partial charge in [0.05, 0.1) is 7.11 Å². The lowest BCUT2D eigenvalue weighted by atomic mass is 9.75. The van der Waals surface area contributed by atoms with E-state index in [0.717, 1.165) is 23.5 Å². The van der Waals surface area contributed by atoms with Crippen molar-refractivity contribution in [1.29, 1.82) is 0 Å². The van der Waals surface area contributed by atoms with Crippen LogP contribution in [0.5, 0.6) is 5.75 Å². The quantitative estimate of drug-likeness (QED) is 0.770. The fraction of sp³-hybridized carbons (Fsp3) is 0.571. The molecule has 0 unspecified atom stereocenters. The minimum Gasteiger partial charge on any atom is -0.497 e. The predicted octanol–water partition coefficient (Wildman–Crippen LogP) is 2.70. The molecule has 3 heteroatoms. The van der Waals surface area contributed by atoms with Crippen molar-refractivity contribution >= 4 is 5.69 Å². The first-order valence-electron chi connectivity index (χ1n) is 6.36. The summed E-state index contributed by atoms with van der Waals surface area (Å²) in [5.74, 6) is 0.820. The Morgan fingerprint density at radius 3 is 2.65 bits per heavy atom. The van der Waals surface area contributed by atoms with Gasteiger partial charge in [0.25, 0.3) is 0 Å². The summed E-state index contributed by atoms with van der Waals surface area (Å²) < 4.78 is 5.15. The molecule has 0 bridgehead atoms. The smallest absolute Gasteiger partial charge is 0.120 e. The van der Waals surface area contributed by atoms with Crippen molar-refractivity contribution in [3.05, 3.63) is 23.8 Å². The lowest BCUT2D eigenvalue weighted by molar-refractivity contribution is 0.175. The van der Waals surface area contributed by atoms with Crippen LogP contribution in [0.2, 0.25) is 0 Å². The molecule has 1 aliphatic carbocycles. The Labute approximate surface area is 103 Å². The lowest BCUT2D eigenvalue weighted by Gasteiger charge is -2.42. The van der Waals surface area contributed by atoms with Crippen LogP contribution in [0, 0.1) is 0 Å². The molecule has 0 heterocycles. The highest BCUT2D eigenvalue weighted by Crippen LogP contribution is 2.35. The Balaban J connectivity index is 1.99. The molecule has 1 aromatic rings. The topological polar surface area (TPSA) is 47.3 Å². The van der Waals surface area contributed by atoms with E-state index in [0.29, 0.717) is 5.54 Å². The summed E-state index contributed by atoms with van der Waals surface area (Å²) in [6.07, 6.45) is 5.13. The molecule has 0 saturated heterocycles. The number of rotatable bonds is 5. The van der Waals surface area contributed by atoms with Crippen molar-refractivity contribution in [3.8, 4) is 5.75 Å². The van der Waals surface area contributed by atoms with Gasteiger partial charge in [-0.25, -0.2) is 0 Å². The molecule has 1 fully saturated rings. The van der Waals surface area contributed by atoms with E-state index >= 15 is 0 Å². The van der Waals surface area contributed by atoms with Gasteiger partial charge in [0.15, 0.2) is 0 Å². The van der Waals surface area contributed by atoms with Gasteiger partial charge in [-0.1, -0.05) is 13.0 Å². The molecular weight excluding hydrogens is 212 g/mol. The molecule has 1 saturated carbocycles. The Morgan fingerprint density at radius 1 is 1.41 bits per heavy atom. The standard InChI is InChI=1S/C14H22N2O/c1-3-14(7-4-8-14)16-10-11-5-6-12(17-2)9-13(11)15/h5-6,9,16H,3-4,7-8,10,15H2,1-2H3. The van der Waals surface area contributed by atoms with Crippen LogP contribution in [-0.2, 0) is 6.54 Å². The van der Waals surface area contributed by atoms with Crippen molar-refractivity contribution in [2.75, 3.05) is 12.8 Å². The van der Waals surface area contributed by atoms with Crippen molar-refractivity contribution in [2.45, 2.75) is 44.7 Å². The first-order chi connectivity index (χ1) is 8.19. The number of hydrogen-bond acceptors (Lipinski definition) is 3. The van der Waals surface area contributed by atoms with E-state index in [1.54, 1.807) is 7.11 Å². The van der Waals surface area contributed by atoms with Gasteiger partial charge in [0.1, 0.15) is 5.75 Å². The van der Waals surface area contributed by atoms with Crippen LogP contribution in [0.1, 0.15) is 38.2 Å². The van der Waals surface area contributed by atoms with Crippen LogP contribution in [0.4, 0.5) is 5.69 Å². The van der Waals surface area contributed by atoms with Gasteiger partial charge >= 0.3 is 0 Å². The van der Waals surface area contributed by atoms with Crippen LogP contribution in [0.25, 0.3) is 0 Å².